The van der Waals surface area contributed by atoms with E-state index >= 15 is 0 Å². The summed E-state index contributed by atoms with van der Waals surface area (Å²) in [4.78, 5) is 13.0. The number of imidazole rings is 1. The topological polar surface area (TPSA) is 68.8 Å². The lowest BCUT2D eigenvalue weighted by molar-refractivity contribution is 0.561. The standard InChI is InChI=1S/C15H13N5O/c1-9-18-11-5-10(3-4-14(11)21-9)19-15-6-13-12(7-16-15)17-8-20(13)2/h3-8H,1-2H3,(H,16,19). The highest BCUT2D eigenvalue weighted by atomic mass is 16.3. The number of oxazole rings is 1. The summed E-state index contributed by atoms with van der Waals surface area (Å²) < 4.78 is 7.43. The summed E-state index contributed by atoms with van der Waals surface area (Å²) in [6, 6.07) is 7.77. The van der Waals surface area contributed by atoms with Crippen molar-refractivity contribution in [2.24, 2.45) is 7.05 Å². The highest BCUT2D eigenvalue weighted by Gasteiger charge is 2.06. The molecule has 6 nitrogen and oxygen atoms in total. The molecule has 21 heavy (non-hydrogen) atoms. The molecular formula is C15H13N5O. The number of anilines is 2. The van der Waals surface area contributed by atoms with E-state index in [2.05, 4.69) is 20.3 Å². The number of aryl methyl sites for hydroxylation is 2. The van der Waals surface area contributed by atoms with Gasteiger partial charge in [0, 0.05) is 25.7 Å². The van der Waals surface area contributed by atoms with E-state index in [1.54, 1.807) is 12.5 Å². The number of nitrogens with zero attached hydrogens (tertiary/aromatic N) is 4. The van der Waals surface area contributed by atoms with E-state index in [-0.39, 0.29) is 0 Å². The highest BCUT2D eigenvalue weighted by Crippen LogP contribution is 2.23. The predicted octanol–water partition coefficient (Wildman–Crippen LogP) is 3.16. The molecule has 0 fully saturated rings. The van der Waals surface area contributed by atoms with Crippen LogP contribution in [0.4, 0.5) is 11.5 Å². The molecule has 3 aromatic heterocycles. The number of nitrogens with one attached hydrogen (secondary N) is 1. The van der Waals surface area contributed by atoms with Gasteiger partial charge in [-0.2, -0.15) is 0 Å². The first-order valence-electron chi connectivity index (χ1n) is 6.60. The molecule has 0 aliphatic rings. The summed E-state index contributed by atoms with van der Waals surface area (Å²) in [6.07, 6.45) is 3.54. The van der Waals surface area contributed by atoms with Gasteiger partial charge in [-0.05, 0) is 18.2 Å². The molecule has 1 N–H and O–H groups in total. The van der Waals surface area contributed by atoms with E-state index in [1.807, 2.05) is 42.8 Å². The fourth-order valence-corrected chi connectivity index (χ4v) is 2.37. The van der Waals surface area contributed by atoms with Crippen LogP contribution in [0.15, 0.2) is 41.2 Å². The van der Waals surface area contributed by atoms with Crippen molar-refractivity contribution in [2.75, 3.05) is 5.32 Å². The normalized spacial score (nSPS) is 11.3. The molecule has 6 heteroatoms. The smallest absolute Gasteiger partial charge is 0.192 e. The average Bonchev–Trinajstić information content (AvgIpc) is 3.01. The van der Waals surface area contributed by atoms with Crippen LogP contribution in [0.5, 0.6) is 0 Å². The summed E-state index contributed by atoms with van der Waals surface area (Å²) in [6.45, 7) is 1.84. The molecule has 0 aliphatic heterocycles. The summed E-state index contributed by atoms with van der Waals surface area (Å²) in [7, 11) is 1.96. The van der Waals surface area contributed by atoms with Gasteiger partial charge in [0.15, 0.2) is 11.5 Å². The molecule has 1 aromatic carbocycles. The molecule has 0 spiro atoms. The third-order valence-electron chi connectivity index (χ3n) is 3.38. The minimum Gasteiger partial charge on any atom is -0.441 e. The molecule has 4 rings (SSSR count). The maximum Gasteiger partial charge on any atom is 0.192 e. The number of hydrogen-bond donors (Lipinski definition) is 1. The Balaban J connectivity index is 1.72. The molecule has 4 aromatic rings. The van der Waals surface area contributed by atoms with Gasteiger partial charge in [0.25, 0.3) is 0 Å². The van der Waals surface area contributed by atoms with Crippen LogP contribution in [0.3, 0.4) is 0 Å². The second-order valence-corrected chi connectivity index (χ2v) is 4.95. The third kappa shape index (κ3) is 2.01. The fraction of sp³-hybridized carbons (Fsp3) is 0.133. The Bertz CT molecular complexity index is 953. The third-order valence-corrected chi connectivity index (χ3v) is 3.38. The summed E-state index contributed by atoms with van der Waals surface area (Å²) in [5.41, 5.74) is 4.45. The van der Waals surface area contributed by atoms with Crippen LogP contribution in [-0.2, 0) is 7.05 Å². The van der Waals surface area contributed by atoms with Gasteiger partial charge < -0.3 is 14.3 Å². The minimum absolute atomic E-state index is 0.663. The van der Waals surface area contributed by atoms with E-state index in [1.165, 1.54) is 0 Å². The quantitative estimate of drug-likeness (QED) is 0.610. The maximum atomic E-state index is 5.47. The minimum atomic E-state index is 0.663. The van der Waals surface area contributed by atoms with Gasteiger partial charge in [0.05, 0.1) is 18.0 Å². The zero-order valence-electron chi connectivity index (χ0n) is 11.7. The van der Waals surface area contributed by atoms with Crippen molar-refractivity contribution in [3.8, 4) is 0 Å². The summed E-state index contributed by atoms with van der Waals surface area (Å²) in [5.74, 6) is 1.43. The van der Waals surface area contributed by atoms with Crippen LogP contribution in [0.2, 0.25) is 0 Å². The Hall–Kier alpha value is -2.89. The zero-order chi connectivity index (χ0) is 14.4. The van der Waals surface area contributed by atoms with Gasteiger partial charge in [0.2, 0.25) is 0 Å². The van der Waals surface area contributed by atoms with Crippen LogP contribution in [0, 0.1) is 6.92 Å². The van der Waals surface area contributed by atoms with Crippen LogP contribution < -0.4 is 5.32 Å². The first-order valence-corrected chi connectivity index (χ1v) is 6.60. The van der Waals surface area contributed by atoms with Gasteiger partial charge in [-0.1, -0.05) is 0 Å². The second kappa shape index (κ2) is 4.31. The molecule has 0 amide bonds. The van der Waals surface area contributed by atoms with Crippen molar-refractivity contribution >= 4 is 33.6 Å². The van der Waals surface area contributed by atoms with E-state index in [0.29, 0.717) is 5.89 Å². The van der Waals surface area contributed by atoms with Gasteiger partial charge in [0.1, 0.15) is 16.9 Å². The largest absolute Gasteiger partial charge is 0.441 e. The highest BCUT2D eigenvalue weighted by molar-refractivity contribution is 5.81. The second-order valence-electron chi connectivity index (χ2n) is 4.95. The molecule has 0 bridgehead atoms. The van der Waals surface area contributed by atoms with Crippen molar-refractivity contribution in [1.82, 2.24) is 19.5 Å². The summed E-state index contributed by atoms with van der Waals surface area (Å²) >= 11 is 0. The SMILES string of the molecule is Cc1nc2cc(Nc3cc4c(cn3)ncn4C)ccc2o1. The number of benzene rings is 1. The molecular weight excluding hydrogens is 266 g/mol. The van der Waals surface area contributed by atoms with Crippen LogP contribution in [0.25, 0.3) is 22.1 Å². The van der Waals surface area contributed by atoms with Crippen molar-refractivity contribution in [3.63, 3.8) is 0 Å². The lowest BCUT2D eigenvalue weighted by Crippen LogP contribution is -1.94. The van der Waals surface area contributed by atoms with Gasteiger partial charge in [-0.15, -0.1) is 0 Å². The number of fused-ring (bicyclic) bond motifs is 2. The molecule has 0 unspecified atom stereocenters. The molecule has 0 aliphatic carbocycles. The average molecular weight is 279 g/mol. The Morgan fingerprint density at radius 1 is 1.14 bits per heavy atom. The van der Waals surface area contributed by atoms with E-state index < -0.39 is 0 Å². The first-order chi connectivity index (χ1) is 10.2. The fourth-order valence-electron chi connectivity index (χ4n) is 2.37. The van der Waals surface area contributed by atoms with E-state index in [9.17, 15) is 0 Å². The molecule has 104 valence electrons. The van der Waals surface area contributed by atoms with Crippen LogP contribution in [0.1, 0.15) is 5.89 Å². The summed E-state index contributed by atoms with van der Waals surface area (Å²) in [5, 5.41) is 3.28. The maximum absolute atomic E-state index is 5.47. The Morgan fingerprint density at radius 2 is 2.05 bits per heavy atom. The van der Waals surface area contributed by atoms with Crippen LogP contribution in [-0.4, -0.2) is 19.5 Å². The predicted molar refractivity (Wildman–Crippen MR) is 80.5 cm³/mol. The Morgan fingerprint density at radius 3 is 2.95 bits per heavy atom. The van der Waals surface area contributed by atoms with Gasteiger partial charge >= 0.3 is 0 Å². The number of aromatic nitrogens is 4. The Kier molecular flexibility index (Phi) is 2.44. The number of rotatable bonds is 2. The monoisotopic (exact) mass is 279 g/mol. The van der Waals surface area contributed by atoms with E-state index in [4.69, 9.17) is 4.42 Å². The molecule has 0 atom stereocenters. The van der Waals surface area contributed by atoms with E-state index in [0.717, 1.165) is 33.6 Å². The first kappa shape index (κ1) is 11.9. The molecule has 3 heterocycles. The van der Waals surface area contributed by atoms with Gasteiger partial charge in [-0.25, -0.2) is 15.0 Å². The number of pyridine rings is 1. The van der Waals surface area contributed by atoms with Crippen molar-refractivity contribution in [3.05, 3.63) is 42.7 Å². The van der Waals surface area contributed by atoms with Gasteiger partial charge in [-0.3, -0.25) is 0 Å². The van der Waals surface area contributed by atoms with Crippen molar-refractivity contribution in [1.29, 1.82) is 0 Å². The van der Waals surface area contributed by atoms with Crippen molar-refractivity contribution in [2.45, 2.75) is 6.92 Å². The lowest BCUT2D eigenvalue weighted by Gasteiger charge is -2.05. The Labute approximate surface area is 120 Å². The number of hydrogen-bond acceptors (Lipinski definition) is 5. The molecule has 0 radical (unpaired) electrons. The molecule has 0 saturated carbocycles. The molecule has 0 saturated heterocycles. The van der Waals surface area contributed by atoms with Crippen LogP contribution >= 0.6 is 0 Å². The lowest BCUT2D eigenvalue weighted by atomic mass is 10.3. The van der Waals surface area contributed by atoms with Crippen molar-refractivity contribution < 1.29 is 4.42 Å². The zero-order valence-corrected chi connectivity index (χ0v) is 11.7.